The molecule has 0 fully saturated rings. The minimum absolute atomic E-state index is 0.114. The van der Waals surface area contributed by atoms with Crippen LogP contribution in [0, 0.1) is 0 Å². The van der Waals surface area contributed by atoms with E-state index >= 15 is 0 Å². The number of hydrogen-bond acceptors (Lipinski definition) is 4. The first-order valence-electron chi connectivity index (χ1n) is 5.98. The largest absolute Gasteiger partial charge is 0.384 e. The zero-order valence-corrected chi connectivity index (χ0v) is 12.0. The van der Waals surface area contributed by atoms with Crippen molar-refractivity contribution in [2.24, 2.45) is 0 Å². The van der Waals surface area contributed by atoms with Crippen LogP contribution >= 0.6 is 11.6 Å². The predicted octanol–water partition coefficient (Wildman–Crippen LogP) is 2.64. The van der Waals surface area contributed by atoms with Crippen LogP contribution in [0.5, 0.6) is 0 Å². The maximum atomic E-state index is 12.1. The van der Waals surface area contributed by atoms with Gasteiger partial charge in [0.25, 0.3) is 5.91 Å². The average Bonchev–Trinajstić information content (AvgIpc) is 2.42. The summed E-state index contributed by atoms with van der Waals surface area (Å²) in [5, 5.41) is 3.00. The lowest BCUT2D eigenvalue weighted by atomic mass is 10.2. The molecule has 20 heavy (non-hydrogen) atoms. The molecule has 5 nitrogen and oxygen atoms in total. The molecule has 1 aromatic carbocycles. The first kappa shape index (κ1) is 14.1. The fourth-order valence-electron chi connectivity index (χ4n) is 1.65. The highest BCUT2D eigenvalue weighted by Crippen LogP contribution is 2.19. The second-order valence-electron chi connectivity index (χ2n) is 4.46. The molecule has 0 saturated carbocycles. The number of hydrogen-bond donors (Lipinski definition) is 2. The van der Waals surface area contributed by atoms with Gasteiger partial charge in [0.1, 0.15) is 11.5 Å². The molecule has 1 amide bonds. The molecule has 1 heterocycles. The van der Waals surface area contributed by atoms with E-state index in [9.17, 15) is 4.79 Å². The summed E-state index contributed by atoms with van der Waals surface area (Å²) in [4.78, 5) is 18.0. The Balaban J connectivity index is 2.17. The Morgan fingerprint density at radius 3 is 2.45 bits per heavy atom. The second-order valence-corrected chi connectivity index (χ2v) is 4.87. The Labute approximate surface area is 122 Å². The average molecular weight is 291 g/mol. The normalized spacial score (nSPS) is 10.2. The highest BCUT2D eigenvalue weighted by atomic mass is 35.5. The number of nitrogen functional groups attached to an aromatic ring is 1. The first-order valence-corrected chi connectivity index (χ1v) is 6.36. The van der Waals surface area contributed by atoms with E-state index in [1.807, 2.05) is 43.3 Å². The van der Waals surface area contributed by atoms with Crippen LogP contribution in [0.25, 0.3) is 0 Å². The molecule has 0 aliphatic carbocycles. The summed E-state index contributed by atoms with van der Waals surface area (Å²) in [5.74, 6) is -0.137. The van der Waals surface area contributed by atoms with E-state index in [2.05, 4.69) is 10.3 Å². The number of aromatic nitrogens is 1. The van der Waals surface area contributed by atoms with Gasteiger partial charge < -0.3 is 16.0 Å². The molecule has 0 bridgehead atoms. The first-order chi connectivity index (χ1) is 9.47. The van der Waals surface area contributed by atoms with Gasteiger partial charge in [-0.3, -0.25) is 4.79 Å². The standard InChI is InChI=1S/C14H15ClN4O/c1-19(2)10-5-3-9(4-6-10)17-14(20)13-11(15)7-8-12(16)18-13/h3-8H,1-2H3,(H2,16,18)(H,17,20). The van der Waals surface area contributed by atoms with Crippen LogP contribution in [0.2, 0.25) is 5.02 Å². The van der Waals surface area contributed by atoms with Gasteiger partial charge in [-0.2, -0.15) is 0 Å². The van der Waals surface area contributed by atoms with Crippen molar-refractivity contribution in [2.75, 3.05) is 30.0 Å². The highest BCUT2D eigenvalue weighted by Gasteiger charge is 2.13. The number of pyridine rings is 1. The van der Waals surface area contributed by atoms with Crippen molar-refractivity contribution in [2.45, 2.75) is 0 Å². The van der Waals surface area contributed by atoms with Crippen LogP contribution in [-0.2, 0) is 0 Å². The fraction of sp³-hybridized carbons (Fsp3) is 0.143. The number of halogens is 1. The topological polar surface area (TPSA) is 71.2 Å². The Bertz CT molecular complexity index is 626. The molecule has 0 radical (unpaired) electrons. The Kier molecular flexibility index (Phi) is 4.10. The molecule has 0 aliphatic rings. The molecular weight excluding hydrogens is 276 g/mol. The lowest BCUT2D eigenvalue weighted by Gasteiger charge is -2.13. The smallest absolute Gasteiger partial charge is 0.275 e. The molecule has 104 valence electrons. The number of amides is 1. The summed E-state index contributed by atoms with van der Waals surface area (Å²) in [6, 6.07) is 10.5. The number of carbonyl (C=O) groups is 1. The van der Waals surface area contributed by atoms with Gasteiger partial charge in [0, 0.05) is 25.5 Å². The molecule has 1 aromatic heterocycles. The van der Waals surface area contributed by atoms with Crippen molar-refractivity contribution in [1.29, 1.82) is 0 Å². The quantitative estimate of drug-likeness (QED) is 0.911. The molecular formula is C14H15ClN4O. The van der Waals surface area contributed by atoms with Gasteiger partial charge in [0.2, 0.25) is 0 Å². The van der Waals surface area contributed by atoms with Gasteiger partial charge in [0.15, 0.2) is 0 Å². The molecule has 6 heteroatoms. The lowest BCUT2D eigenvalue weighted by Crippen LogP contribution is -2.15. The highest BCUT2D eigenvalue weighted by molar-refractivity contribution is 6.34. The van der Waals surface area contributed by atoms with E-state index in [-0.39, 0.29) is 22.4 Å². The molecule has 0 atom stereocenters. The van der Waals surface area contributed by atoms with E-state index in [1.54, 1.807) is 12.1 Å². The minimum atomic E-state index is -0.389. The second kappa shape index (κ2) is 5.79. The van der Waals surface area contributed by atoms with E-state index in [0.717, 1.165) is 5.69 Å². The molecule has 3 N–H and O–H groups in total. The van der Waals surface area contributed by atoms with Crippen molar-refractivity contribution in [3.63, 3.8) is 0 Å². The maximum absolute atomic E-state index is 12.1. The number of rotatable bonds is 3. The molecule has 0 aliphatic heterocycles. The number of nitrogens with two attached hydrogens (primary N) is 1. The monoisotopic (exact) mass is 290 g/mol. The summed E-state index contributed by atoms with van der Waals surface area (Å²) in [6.45, 7) is 0. The number of benzene rings is 1. The van der Waals surface area contributed by atoms with Crippen LogP contribution in [0.4, 0.5) is 17.2 Å². The Morgan fingerprint density at radius 2 is 1.85 bits per heavy atom. The van der Waals surface area contributed by atoms with Gasteiger partial charge in [-0.1, -0.05) is 11.6 Å². The van der Waals surface area contributed by atoms with Crippen molar-refractivity contribution in [1.82, 2.24) is 4.98 Å². The van der Waals surface area contributed by atoms with E-state index < -0.39 is 0 Å². The van der Waals surface area contributed by atoms with Gasteiger partial charge in [-0.25, -0.2) is 4.98 Å². The van der Waals surface area contributed by atoms with Crippen LogP contribution in [0.3, 0.4) is 0 Å². The van der Waals surface area contributed by atoms with E-state index in [1.165, 1.54) is 0 Å². The van der Waals surface area contributed by atoms with Crippen molar-refractivity contribution < 1.29 is 4.79 Å². The zero-order chi connectivity index (χ0) is 14.7. The summed E-state index contributed by atoms with van der Waals surface area (Å²) < 4.78 is 0. The predicted molar refractivity (Wildman–Crippen MR) is 82.4 cm³/mol. The van der Waals surface area contributed by atoms with Gasteiger partial charge >= 0.3 is 0 Å². The van der Waals surface area contributed by atoms with E-state index in [4.69, 9.17) is 17.3 Å². The number of nitrogens with one attached hydrogen (secondary N) is 1. The van der Waals surface area contributed by atoms with Crippen LogP contribution < -0.4 is 16.0 Å². The van der Waals surface area contributed by atoms with Gasteiger partial charge in [-0.05, 0) is 36.4 Å². The zero-order valence-electron chi connectivity index (χ0n) is 11.2. The van der Waals surface area contributed by atoms with Crippen LogP contribution in [0.15, 0.2) is 36.4 Å². The third-order valence-corrected chi connectivity index (χ3v) is 3.03. The maximum Gasteiger partial charge on any atom is 0.275 e. The minimum Gasteiger partial charge on any atom is -0.384 e. The molecule has 0 saturated heterocycles. The SMILES string of the molecule is CN(C)c1ccc(NC(=O)c2nc(N)ccc2Cl)cc1. The summed E-state index contributed by atoms with van der Waals surface area (Å²) in [6.07, 6.45) is 0. The lowest BCUT2D eigenvalue weighted by molar-refractivity contribution is 0.102. The molecule has 0 unspecified atom stereocenters. The number of nitrogens with zero attached hydrogens (tertiary/aromatic N) is 2. The fourth-order valence-corrected chi connectivity index (χ4v) is 1.84. The van der Waals surface area contributed by atoms with Gasteiger partial charge in [-0.15, -0.1) is 0 Å². The third-order valence-electron chi connectivity index (χ3n) is 2.72. The third kappa shape index (κ3) is 3.19. The number of anilines is 3. The Hall–Kier alpha value is -2.27. The molecule has 2 rings (SSSR count). The summed E-state index contributed by atoms with van der Waals surface area (Å²) >= 11 is 5.94. The van der Waals surface area contributed by atoms with E-state index in [0.29, 0.717) is 5.69 Å². The molecule has 0 spiro atoms. The van der Waals surface area contributed by atoms with Crippen LogP contribution in [0.1, 0.15) is 10.5 Å². The summed E-state index contributed by atoms with van der Waals surface area (Å²) in [5.41, 5.74) is 7.38. The van der Waals surface area contributed by atoms with Crippen molar-refractivity contribution >= 4 is 34.7 Å². The molecule has 2 aromatic rings. The van der Waals surface area contributed by atoms with Crippen molar-refractivity contribution in [3.8, 4) is 0 Å². The Morgan fingerprint density at radius 1 is 1.20 bits per heavy atom. The van der Waals surface area contributed by atoms with Crippen LogP contribution in [-0.4, -0.2) is 25.0 Å². The van der Waals surface area contributed by atoms with Gasteiger partial charge in [0.05, 0.1) is 5.02 Å². The number of carbonyl (C=O) groups excluding carboxylic acids is 1. The van der Waals surface area contributed by atoms with Crippen molar-refractivity contribution in [3.05, 3.63) is 47.1 Å². The summed E-state index contributed by atoms with van der Waals surface area (Å²) in [7, 11) is 3.90.